The molecule has 2 aromatic heterocycles. The van der Waals surface area contributed by atoms with E-state index in [1.165, 1.54) is 30.7 Å². The molecule has 0 aliphatic carbocycles. The quantitative estimate of drug-likeness (QED) is 0.695. The maximum atomic E-state index is 12.6. The van der Waals surface area contributed by atoms with Gasteiger partial charge in [-0.1, -0.05) is 6.07 Å². The zero-order valence-corrected chi connectivity index (χ0v) is 14.4. The topological polar surface area (TPSA) is 90.3 Å². The van der Waals surface area contributed by atoms with Gasteiger partial charge in [-0.2, -0.15) is 8.78 Å². The van der Waals surface area contributed by atoms with Gasteiger partial charge >= 0.3 is 6.61 Å². The lowest BCUT2D eigenvalue weighted by Gasteiger charge is -2.08. The Morgan fingerprint density at radius 1 is 1.11 bits per heavy atom. The zero-order valence-electron chi connectivity index (χ0n) is 13.6. The molecule has 0 aliphatic heterocycles. The monoisotopic (exact) mass is 393 g/mol. The van der Waals surface area contributed by atoms with Crippen LogP contribution < -0.4 is 10.1 Å². The van der Waals surface area contributed by atoms with Gasteiger partial charge in [-0.3, -0.25) is 9.78 Å². The van der Waals surface area contributed by atoms with Crippen LogP contribution in [0.3, 0.4) is 0 Å². The molecule has 0 saturated heterocycles. The van der Waals surface area contributed by atoms with Gasteiger partial charge in [-0.15, -0.1) is 0 Å². The summed E-state index contributed by atoms with van der Waals surface area (Å²) < 4.78 is 54.6. The molecule has 1 aromatic carbocycles. The van der Waals surface area contributed by atoms with Crippen molar-refractivity contribution in [3.8, 4) is 5.75 Å². The maximum Gasteiger partial charge on any atom is 0.387 e. The second-order valence-corrected chi connectivity index (χ2v) is 7.10. The van der Waals surface area contributed by atoms with Crippen LogP contribution in [0.4, 0.5) is 14.5 Å². The van der Waals surface area contributed by atoms with Gasteiger partial charge in [0.15, 0.2) is 0 Å². The fraction of sp³-hybridized carbons (Fsp3) is 0.0588. The van der Waals surface area contributed by atoms with Crippen LogP contribution >= 0.6 is 0 Å². The van der Waals surface area contributed by atoms with Crippen LogP contribution in [-0.4, -0.2) is 29.9 Å². The summed E-state index contributed by atoms with van der Waals surface area (Å²) in [5, 5.41) is 2.54. The Balaban J connectivity index is 1.77. The summed E-state index contributed by atoms with van der Waals surface area (Å²) in [4.78, 5) is 15.8. The summed E-state index contributed by atoms with van der Waals surface area (Å²) in [7, 11) is -3.96. The van der Waals surface area contributed by atoms with Crippen LogP contribution in [0.2, 0.25) is 0 Å². The molecule has 7 nitrogen and oxygen atoms in total. The predicted octanol–water partition coefficient (Wildman–Crippen LogP) is 2.97. The number of halogens is 2. The van der Waals surface area contributed by atoms with Crippen molar-refractivity contribution in [3.05, 3.63) is 72.8 Å². The third kappa shape index (κ3) is 4.29. The number of carbonyl (C=O) groups excluding carboxylic acids is 1. The number of ether oxygens (including phenoxy) is 1. The molecule has 0 spiro atoms. The third-order valence-electron chi connectivity index (χ3n) is 3.45. The first-order valence-corrected chi connectivity index (χ1v) is 9.01. The minimum absolute atomic E-state index is 0.123. The summed E-state index contributed by atoms with van der Waals surface area (Å²) >= 11 is 0. The predicted molar refractivity (Wildman–Crippen MR) is 92.3 cm³/mol. The van der Waals surface area contributed by atoms with Crippen LogP contribution in [0.1, 0.15) is 10.5 Å². The van der Waals surface area contributed by atoms with Crippen molar-refractivity contribution in [2.24, 2.45) is 0 Å². The fourth-order valence-electron chi connectivity index (χ4n) is 2.21. The molecule has 0 saturated carbocycles. The number of carbonyl (C=O) groups is 1. The first-order valence-electron chi connectivity index (χ1n) is 7.57. The molecule has 0 atom stereocenters. The van der Waals surface area contributed by atoms with Gasteiger partial charge in [-0.25, -0.2) is 12.4 Å². The molecular formula is C17H13F2N3O4S. The average Bonchev–Trinajstić information content (AvgIpc) is 3.12. The summed E-state index contributed by atoms with van der Waals surface area (Å²) in [6.07, 6.45) is 3.94. The van der Waals surface area contributed by atoms with Crippen molar-refractivity contribution in [1.29, 1.82) is 0 Å². The molecule has 3 aromatic rings. The van der Waals surface area contributed by atoms with Crippen molar-refractivity contribution >= 4 is 21.6 Å². The van der Waals surface area contributed by atoms with Crippen molar-refractivity contribution < 1.29 is 26.7 Å². The van der Waals surface area contributed by atoms with Crippen LogP contribution in [0.15, 0.2) is 72.0 Å². The average molecular weight is 393 g/mol. The van der Waals surface area contributed by atoms with Crippen LogP contribution in [0.25, 0.3) is 0 Å². The number of aromatic nitrogens is 2. The minimum atomic E-state index is -3.96. The highest BCUT2D eigenvalue weighted by Crippen LogP contribution is 2.21. The molecule has 140 valence electrons. The molecule has 1 N–H and O–H groups in total. The Kier molecular flexibility index (Phi) is 5.17. The number of nitrogens with one attached hydrogen (secondary N) is 1. The van der Waals surface area contributed by atoms with Crippen molar-refractivity contribution in [3.63, 3.8) is 0 Å². The highest BCUT2D eigenvalue weighted by atomic mass is 32.2. The van der Waals surface area contributed by atoms with Gasteiger partial charge < -0.3 is 10.1 Å². The molecule has 27 heavy (non-hydrogen) atoms. The number of benzene rings is 1. The Labute approximate surface area is 153 Å². The van der Waals surface area contributed by atoms with Gasteiger partial charge in [0.2, 0.25) is 0 Å². The molecule has 0 unspecified atom stereocenters. The van der Waals surface area contributed by atoms with E-state index in [4.69, 9.17) is 0 Å². The number of hydrogen-bond acceptors (Lipinski definition) is 5. The molecule has 0 fully saturated rings. The van der Waals surface area contributed by atoms with Gasteiger partial charge in [-0.05, 0) is 42.5 Å². The number of amides is 1. The smallest absolute Gasteiger partial charge is 0.387 e. The second kappa shape index (κ2) is 7.54. The van der Waals surface area contributed by atoms with E-state index in [1.54, 1.807) is 12.1 Å². The number of nitrogens with zero attached hydrogens (tertiary/aromatic N) is 2. The SMILES string of the molecule is O=C(Nc1ccn(S(=O)(=O)c2ccc(OC(F)F)cc2)c1)c1ccccn1. The van der Waals surface area contributed by atoms with Crippen LogP contribution in [0, 0.1) is 0 Å². The first kappa shape index (κ1) is 18.5. The van der Waals surface area contributed by atoms with E-state index in [9.17, 15) is 22.0 Å². The normalized spacial score (nSPS) is 11.4. The molecule has 0 radical (unpaired) electrons. The lowest BCUT2D eigenvalue weighted by Crippen LogP contribution is -2.14. The van der Waals surface area contributed by atoms with E-state index >= 15 is 0 Å². The van der Waals surface area contributed by atoms with Crippen molar-refractivity contribution in [2.45, 2.75) is 11.5 Å². The van der Waals surface area contributed by atoms with Crippen molar-refractivity contribution in [1.82, 2.24) is 8.96 Å². The number of rotatable bonds is 6. The Morgan fingerprint density at radius 3 is 2.48 bits per heavy atom. The summed E-state index contributed by atoms with van der Waals surface area (Å²) in [5.41, 5.74) is 0.439. The van der Waals surface area contributed by atoms with E-state index in [-0.39, 0.29) is 22.0 Å². The largest absolute Gasteiger partial charge is 0.435 e. The van der Waals surface area contributed by atoms with Crippen molar-refractivity contribution in [2.75, 3.05) is 5.32 Å². The Hall–Kier alpha value is -3.27. The summed E-state index contributed by atoms with van der Waals surface area (Å²) in [6.45, 7) is -3.00. The number of anilines is 1. The van der Waals surface area contributed by atoms with Gasteiger partial charge in [0.25, 0.3) is 15.9 Å². The van der Waals surface area contributed by atoms with Crippen LogP contribution in [0.5, 0.6) is 5.75 Å². The molecule has 1 amide bonds. The van der Waals surface area contributed by atoms with Gasteiger partial charge in [0, 0.05) is 18.6 Å². The van der Waals surface area contributed by atoms with Gasteiger partial charge in [0.1, 0.15) is 11.4 Å². The fourth-order valence-corrected chi connectivity index (χ4v) is 3.40. The zero-order chi connectivity index (χ0) is 19.4. The van der Waals surface area contributed by atoms with E-state index in [2.05, 4.69) is 15.0 Å². The molecule has 3 rings (SSSR count). The highest BCUT2D eigenvalue weighted by Gasteiger charge is 2.18. The summed E-state index contributed by atoms with van der Waals surface area (Å²) in [6, 6.07) is 10.8. The lowest BCUT2D eigenvalue weighted by molar-refractivity contribution is -0.0498. The molecule has 0 bridgehead atoms. The Morgan fingerprint density at radius 2 is 1.85 bits per heavy atom. The van der Waals surface area contributed by atoms with E-state index in [1.807, 2.05) is 0 Å². The summed E-state index contributed by atoms with van der Waals surface area (Å²) in [5.74, 6) is -0.640. The third-order valence-corrected chi connectivity index (χ3v) is 5.10. The highest BCUT2D eigenvalue weighted by molar-refractivity contribution is 7.90. The van der Waals surface area contributed by atoms with E-state index < -0.39 is 22.5 Å². The molecular weight excluding hydrogens is 380 g/mol. The number of pyridine rings is 1. The first-order chi connectivity index (χ1) is 12.9. The lowest BCUT2D eigenvalue weighted by atomic mass is 10.3. The number of hydrogen-bond donors (Lipinski definition) is 1. The van der Waals surface area contributed by atoms with E-state index in [0.717, 1.165) is 28.2 Å². The van der Waals surface area contributed by atoms with Gasteiger partial charge in [0.05, 0.1) is 10.6 Å². The van der Waals surface area contributed by atoms with Crippen LogP contribution in [-0.2, 0) is 10.0 Å². The number of alkyl halides is 2. The molecule has 0 aliphatic rings. The Bertz CT molecular complexity index is 1040. The maximum absolute atomic E-state index is 12.6. The molecule has 10 heteroatoms. The van der Waals surface area contributed by atoms with E-state index in [0.29, 0.717) is 0 Å². The minimum Gasteiger partial charge on any atom is -0.435 e. The second-order valence-electron chi connectivity index (χ2n) is 5.25. The molecule has 2 heterocycles. The standard InChI is InChI=1S/C17H13F2N3O4S/c18-17(19)26-13-4-6-14(7-5-13)27(24,25)22-10-8-12(11-22)21-16(23)15-3-1-2-9-20-15/h1-11,17H,(H,21,23).